The van der Waals surface area contributed by atoms with Gasteiger partial charge < -0.3 is 20.1 Å². The van der Waals surface area contributed by atoms with Crippen LogP contribution in [-0.4, -0.2) is 51.1 Å². The SMILES string of the molecule is CN=C(NCCCSc1nccs1)NCCc1ccc(OC)c(OC)c1.I. The minimum Gasteiger partial charge on any atom is -0.493 e. The number of guanidine groups is 1. The van der Waals surface area contributed by atoms with Crippen LogP contribution in [0.1, 0.15) is 12.0 Å². The number of rotatable bonds is 10. The third kappa shape index (κ3) is 8.56. The Balaban J connectivity index is 0.00000364. The van der Waals surface area contributed by atoms with Crippen LogP contribution in [0.25, 0.3) is 0 Å². The van der Waals surface area contributed by atoms with Gasteiger partial charge in [-0.3, -0.25) is 4.99 Å². The fourth-order valence-corrected chi connectivity index (χ4v) is 3.95. The van der Waals surface area contributed by atoms with Crippen LogP contribution in [0.4, 0.5) is 0 Å². The van der Waals surface area contributed by atoms with E-state index in [9.17, 15) is 0 Å². The quantitative estimate of drug-likeness (QED) is 0.163. The summed E-state index contributed by atoms with van der Waals surface area (Å²) in [6.07, 6.45) is 3.77. The molecule has 2 N–H and O–H groups in total. The molecule has 0 saturated carbocycles. The molecule has 150 valence electrons. The number of aliphatic imine (C=N–C) groups is 1. The van der Waals surface area contributed by atoms with Gasteiger partial charge in [-0.05, 0) is 30.5 Å². The average Bonchev–Trinajstić information content (AvgIpc) is 3.19. The molecule has 9 heteroatoms. The minimum absolute atomic E-state index is 0. The number of nitrogens with one attached hydrogen (secondary N) is 2. The molecule has 0 unspecified atom stereocenters. The normalized spacial score (nSPS) is 10.9. The van der Waals surface area contributed by atoms with Gasteiger partial charge in [0.1, 0.15) is 4.34 Å². The molecule has 0 aliphatic heterocycles. The van der Waals surface area contributed by atoms with E-state index in [1.807, 2.05) is 23.7 Å². The standard InChI is InChI=1S/C18H26N4O2S2.HI/c1-19-17(20-8-4-11-25-18-22-10-12-26-18)21-9-7-14-5-6-15(23-2)16(13-14)24-3;/h5-6,10,12-13H,4,7-9,11H2,1-3H3,(H2,19,20,21);1H. The van der Waals surface area contributed by atoms with E-state index in [0.29, 0.717) is 0 Å². The number of ether oxygens (including phenoxy) is 2. The lowest BCUT2D eigenvalue weighted by Gasteiger charge is -2.13. The molecular weight excluding hydrogens is 495 g/mol. The van der Waals surface area contributed by atoms with Gasteiger partial charge in [0.05, 0.1) is 14.2 Å². The van der Waals surface area contributed by atoms with Crippen LogP contribution in [0.3, 0.4) is 0 Å². The first kappa shape index (κ1) is 23.8. The molecule has 0 aliphatic rings. The second-order valence-corrected chi connectivity index (χ2v) is 7.60. The predicted molar refractivity (Wildman–Crippen MR) is 125 cm³/mol. The summed E-state index contributed by atoms with van der Waals surface area (Å²) in [4.78, 5) is 8.53. The maximum Gasteiger partial charge on any atom is 0.190 e. The fourth-order valence-electron chi connectivity index (χ4n) is 2.30. The van der Waals surface area contributed by atoms with Gasteiger partial charge in [-0.25, -0.2) is 4.98 Å². The molecular formula is C18H27IN4O2S2. The number of halogens is 1. The zero-order valence-electron chi connectivity index (χ0n) is 15.9. The predicted octanol–water partition coefficient (Wildman–Crippen LogP) is 3.67. The van der Waals surface area contributed by atoms with E-state index in [2.05, 4.69) is 26.7 Å². The molecule has 0 spiro atoms. The Morgan fingerprint density at radius 2 is 1.96 bits per heavy atom. The van der Waals surface area contributed by atoms with Crippen LogP contribution in [0.15, 0.2) is 39.1 Å². The summed E-state index contributed by atoms with van der Waals surface area (Å²) >= 11 is 3.48. The van der Waals surface area contributed by atoms with Crippen molar-refractivity contribution in [3.8, 4) is 11.5 Å². The largest absolute Gasteiger partial charge is 0.493 e. The topological polar surface area (TPSA) is 67.8 Å². The third-order valence-electron chi connectivity index (χ3n) is 3.63. The molecule has 1 aromatic carbocycles. The van der Waals surface area contributed by atoms with Gasteiger partial charge in [-0.2, -0.15) is 0 Å². The summed E-state index contributed by atoms with van der Waals surface area (Å²) in [5, 5.41) is 8.68. The van der Waals surface area contributed by atoms with Gasteiger partial charge in [-0.15, -0.1) is 35.3 Å². The smallest absolute Gasteiger partial charge is 0.190 e. The highest BCUT2D eigenvalue weighted by Gasteiger charge is 2.05. The van der Waals surface area contributed by atoms with Crippen molar-refractivity contribution in [1.82, 2.24) is 15.6 Å². The lowest BCUT2D eigenvalue weighted by molar-refractivity contribution is 0.354. The number of thiazole rings is 1. The van der Waals surface area contributed by atoms with Gasteiger partial charge in [0, 0.05) is 37.5 Å². The summed E-state index contributed by atoms with van der Waals surface area (Å²) in [6, 6.07) is 5.99. The van der Waals surface area contributed by atoms with Crippen molar-refractivity contribution in [3.05, 3.63) is 35.3 Å². The van der Waals surface area contributed by atoms with Crippen molar-refractivity contribution in [2.75, 3.05) is 40.1 Å². The molecule has 0 radical (unpaired) electrons. The number of aromatic nitrogens is 1. The number of benzene rings is 1. The van der Waals surface area contributed by atoms with Crippen LogP contribution in [-0.2, 0) is 6.42 Å². The van der Waals surface area contributed by atoms with Gasteiger partial charge in [-0.1, -0.05) is 17.8 Å². The van der Waals surface area contributed by atoms with E-state index in [0.717, 1.165) is 53.5 Å². The summed E-state index contributed by atoms with van der Waals surface area (Å²) in [5.41, 5.74) is 1.19. The molecule has 0 atom stereocenters. The molecule has 0 aliphatic carbocycles. The van der Waals surface area contributed by atoms with Gasteiger partial charge in [0.2, 0.25) is 0 Å². The second-order valence-electron chi connectivity index (χ2n) is 5.37. The molecule has 2 rings (SSSR count). The molecule has 0 saturated heterocycles. The van der Waals surface area contributed by atoms with Gasteiger partial charge >= 0.3 is 0 Å². The Labute approximate surface area is 186 Å². The van der Waals surface area contributed by atoms with E-state index >= 15 is 0 Å². The Morgan fingerprint density at radius 3 is 2.63 bits per heavy atom. The summed E-state index contributed by atoms with van der Waals surface area (Å²) < 4.78 is 11.7. The maximum atomic E-state index is 5.34. The first-order valence-electron chi connectivity index (χ1n) is 8.44. The van der Waals surface area contributed by atoms with E-state index in [1.165, 1.54) is 5.56 Å². The molecule has 2 aromatic rings. The van der Waals surface area contributed by atoms with Crippen LogP contribution in [0.5, 0.6) is 11.5 Å². The summed E-state index contributed by atoms with van der Waals surface area (Å²) in [5.74, 6) is 3.37. The van der Waals surface area contributed by atoms with E-state index in [-0.39, 0.29) is 24.0 Å². The van der Waals surface area contributed by atoms with Crippen molar-refractivity contribution in [2.24, 2.45) is 4.99 Å². The zero-order valence-corrected chi connectivity index (χ0v) is 19.8. The van der Waals surface area contributed by atoms with Crippen molar-refractivity contribution in [2.45, 2.75) is 17.2 Å². The van der Waals surface area contributed by atoms with Crippen molar-refractivity contribution >= 4 is 53.0 Å². The first-order valence-corrected chi connectivity index (χ1v) is 10.3. The monoisotopic (exact) mass is 522 g/mol. The lowest BCUT2D eigenvalue weighted by Crippen LogP contribution is -2.38. The molecule has 27 heavy (non-hydrogen) atoms. The fraction of sp³-hybridized carbons (Fsp3) is 0.444. The molecule has 0 amide bonds. The van der Waals surface area contributed by atoms with Crippen molar-refractivity contribution in [3.63, 3.8) is 0 Å². The van der Waals surface area contributed by atoms with Crippen LogP contribution >= 0.6 is 47.1 Å². The summed E-state index contributed by atoms with van der Waals surface area (Å²) in [6.45, 7) is 1.68. The van der Waals surface area contributed by atoms with E-state index in [1.54, 1.807) is 44.4 Å². The molecule has 1 heterocycles. The molecule has 6 nitrogen and oxygen atoms in total. The van der Waals surface area contributed by atoms with Gasteiger partial charge in [0.15, 0.2) is 17.5 Å². The highest BCUT2D eigenvalue weighted by molar-refractivity contribution is 14.0. The lowest BCUT2D eigenvalue weighted by atomic mass is 10.1. The highest BCUT2D eigenvalue weighted by atomic mass is 127. The Hall–Kier alpha value is -1.20. The zero-order chi connectivity index (χ0) is 18.6. The third-order valence-corrected chi connectivity index (χ3v) is 5.68. The van der Waals surface area contributed by atoms with Crippen LogP contribution < -0.4 is 20.1 Å². The van der Waals surface area contributed by atoms with Crippen LogP contribution in [0.2, 0.25) is 0 Å². The number of hydrogen-bond acceptors (Lipinski definition) is 6. The number of thioether (sulfide) groups is 1. The van der Waals surface area contributed by atoms with Crippen molar-refractivity contribution < 1.29 is 9.47 Å². The number of methoxy groups -OCH3 is 2. The minimum atomic E-state index is 0. The van der Waals surface area contributed by atoms with E-state index in [4.69, 9.17) is 9.47 Å². The molecule has 0 fully saturated rings. The van der Waals surface area contributed by atoms with Crippen LogP contribution in [0, 0.1) is 0 Å². The first-order chi connectivity index (χ1) is 12.8. The Kier molecular flexibility index (Phi) is 12.3. The average molecular weight is 522 g/mol. The molecule has 0 bridgehead atoms. The Bertz CT molecular complexity index is 684. The molecule has 1 aromatic heterocycles. The van der Waals surface area contributed by atoms with Gasteiger partial charge in [0.25, 0.3) is 0 Å². The maximum absolute atomic E-state index is 5.34. The summed E-state index contributed by atoms with van der Waals surface area (Å²) in [7, 11) is 5.08. The number of nitrogens with zero attached hydrogens (tertiary/aromatic N) is 2. The second kappa shape index (κ2) is 13.9. The Morgan fingerprint density at radius 1 is 1.19 bits per heavy atom. The van der Waals surface area contributed by atoms with Crippen molar-refractivity contribution in [1.29, 1.82) is 0 Å². The highest BCUT2D eigenvalue weighted by Crippen LogP contribution is 2.27. The number of hydrogen-bond donors (Lipinski definition) is 2. The van der Waals surface area contributed by atoms with E-state index < -0.39 is 0 Å².